The number of likely N-dealkylation sites (tertiary alicyclic amines) is 1. The van der Waals surface area contributed by atoms with E-state index < -0.39 is 113 Å². The third kappa shape index (κ3) is 12.0. The van der Waals surface area contributed by atoms with Crippen LogP contribution in [0.25, 0.3) is 0 Å². The summed E-state index contributed by atoms with van der Waals surface area (Å²) in [6.45, 7) is 12.7. The molecule has 14 atom stereocenters. The van der Waals surface area contributed by atoms with Crippen molar-refractivity contribution in [2.45, 2.75) is 197 Å². The number of nitrogens with two attached hydrogens (primary N) is 1. The third-order valence-corrected chi connectivity index (χ3v) is 19.0. The zero-order chi connectivity index (χ0) is 57.8. The molecule has 4 unspecified atom stereocenters. The van der Waals surface area contributed by atoms with Gasteiger partial charge < -0.3 is 56.5 Å². The van der Waals surface area contributed by atoms with Gasteiger partial charge in [-0.05, 0) is 119 Å². The molecule has 1 aromatic carbocycles. The molecule has 19 nitrogen and oxygen atoms in total. The maximum atomic E-state index is 17.9. The fraction of sp³-hybridized carbons (Fsp3) is 0.684. The van der Waals surface area contributed by atoms with Gasteiger partial charge in [0.05, 0.1) is 17.7 Å². The van der Waals surface area contributed by atoms with Gasteiger partial charge in [-0.15, -0.1) is 0 Å². The van der Waals surface area contributed by atoms with Crippen LogP contribution < -0.4 is 32.3 Å². The largest absolute Gasteiger partial charge is 0.441 e. The summed E-state index contributed by atoms with van der Waals surface area (Å²) in [5, 5.41) is 25.4. The quantitative estimate of drug-likeness (QED) is 0.0440. The first-order valence-corrected chi connectivity index (χ1v) is 28.6. The molecule has 5 fully saturated rings. The molecule has 436 valence electrons. The van der Waals surface area contributed by atoms with Gasteiger partial charge in [0.2, 0.25) is 29.4 Å². The molecule has 3 saturated carbocycles. The van der Waals surface area contributed by atoms with E-state index in [4.69, 9.17) is 19.9 Å². The van der Waals surface area contributed by atoms with Gasteiger partial charge in [0.25, 0.3) is 0 Å². The van der Waals surface area contributed by atoms with Gasteiger partial charge in [-0.2, -0.15) is 12.6 Å². The molecule has 2 heterocycles. The number of rotatable bonds is 24. The number of hydrogen-bond donors (Lipinski definition) is 8. The van der Waals surface area contributed by atoms with E-state index in [1.807, 2.05) is 18.7 Å². The Morgan fingerprint density at radius 1 is 0.962 bits per heavy atom. The van der Waals surface area contributed by atoms with Crippen LogP contribution in [0.15, 0.2) is 48.1 Å². The molecule has 22 heteroatoms. The van der Waals surface area contributed by atoms with Crippen molar-refractivity contribution in [2.75, 3.05) is 25.0 Å². The number of benzene rings is 1. The van der Waals surface area contributed by atoms with Crippen molar-refractivity contribution in [3.8, 4) is 0 Å². The molecule has 4 aliphatic carbocycles. The van der Waals surface area contributed by atoms with E-state index in [2.05, 4.69) is 46.1 Å². The molecular weight excluding hydrogens is 1040 g/mol. The van der Waals surface area contributed by atoms with Crippen molar-refractivity contribution in [1.29, 1.82) is 0 Å². The number of hydrogen-bond acceptors (Lipinski definition) is 13. The summed E-state index contributed by atoms with van der Waals surface area (Å²) in [5.41, 5.74) is -1.18. The predicted octanol–water partition coefficient (Wildman–Crippen LogP) is 5.96. The van der Waals surface area contributed by atoms with Gasteiger partial charge in [-0.1, -0.05) is 65.7 Å². The van der Waals surface area contributed by atoms with Crippen molar-refractivity contribution in [2.24, 2.45) is 34.3 Å². The molecule has 2 saturated heterocycles. The van der Waals surface area contributed by atoms with Gasteiger partial charge in [0.15, 0.2) is 29.9 Å². The Morgan fingerprint density at radius 3 is 2.35 bits per heavy atom. The number of alkyl carbamates (subject to hydrolysis) is 1. The number of ether oxygens (including phenoxy) is 3. The van der Waals surface area contributed by atoms with Crippen LogP contribution >= 0.6 is 12.6 Å². The van der Waals surface area contributed by atoms with E-state index in [0.29, 0.717) is 56.3 Å². The number of unbranched alkanes of at least 4 members (excludes halogenated alkanes) is 2. The number of nitrogens with zero attached hydrogens (tertiary/aromatic N) is 1. The molecule has 0 spiro atoms. The Hall–Kier alpha value is -5.45. The van der Waals surface area contributed by atoms with Crippen molar-refractivity contribution in [1.82, 2.24) is 26.2 Å². The van der Waals surface area contributed by atoms with E-state index in [1.165, 1.54) is 19.1 Å². The number of anilines is 1. The Labute approximate surface area is 466 Å². The van der Waals surface area contributed by atoms with E-state index in [1.54, 1.807) is 45.0 Å². The number of halogens is 2. The minimum absolute atomic E-state index is 0.0141. The van der Waals surface area contributed by atoms with Crippen LogP contribution in [0.1, 0.15) is 138 Å². The fourth-order valence-electron chi connectivity index (χ4n) is 13.6. The average Bonchev–Trinajstić information content (AvgIpc) is 3.49. The highest BCUT2D eigenvalue weighted by Crippen LogP contribution is 2.72. The zero-order valence-electron chi connectivity index (χ0n) is 46.5. The fourth-order valence-corrected chi connectivity index (χ4v) is 14.1. The number of thiol groups is 1. The van der Waals surface area contributed by atoms with E-state index >= 15 is 8.78 Å². The molecule has 0 radical (unpaired) electrons. The number of nitrogens with one attached hydrogen (secondary N) is 5. The van der Waals surface area contributed by atoms with Crippen molar-refractivity contribution in [3.63, 3.8) is 0 Å². The predicted molar refractivity (Wildman–Crippen MR) is 291 cm³/mol. The highest BCUT2D eigenvalue weighted by molar-refractivity contribution is 7.81. The van der Waals surface area contributed by atoms with Gasteiger partial charge in [0.1, 0.15) is 18.3 Å². The average molecular weight is 1130 g/mol. The Kier molecular flexibility index (Phi) is 19.2. The summed E-state index contributed by atoms with van der Waals surface area (Å²) < 4.78 is 52.4. The van der Waals surface area contributed by atoms with Crippen LogP contribution in [-0.2, 0) is 49.5 Å². The molecular formula is C57H81F2N7O12S. The first-order chi connectivity index (χ1) is 37.3. The van der Waals surface area contributed by atoms with Crippen LogP contribution in [0.3, 0.4) is 0 Å². The summed E-state index contributed by atoms with van der Waals surface area (Å²) in [5.74, 6) is -4.59. The topological polar surface area (TPSA) is 274 Å². The van der Waals surface area contributed by atoms with Gasteiger partial charge in [-0.3, -0.25) is 28.8 Å². The second-order valence-corrected chi connectivity index (χ2v) is 24.0. The molecule has 6 aliphatic rings. The summed E-state index contributed by atoms with van der Waals surface area (Å²) in [7, 11) is 0. The second-order valence-electron chi connectivity index (χ2n) is 23.4. The number of carbonyl (C=O) groups is 8. The number of allylic oxidation sites excluding steroid dienone is 4. The van der Waals surface area contributed by atoms with Gasteiger partial charge in [0, 0.05) is 60.2 Å². The lowest BCUT2D eigenvalue weighted by atomic mass is 9.44. The molecule has 7 rings (SSSR count). The second kappa shape index (κ2) is 24.7. The minimum Gasteiger partial charge on any atom is -0.441 e. The number of primary amides is 1. The summed E-state index contributed by atoms with van der Waals surface area (Å²) in [4.78, 5) is 107. The molecule has 79 heavy (non-hydrogen) atoms. The number of fused-ring (bicyclic) bond motifs is 7. The standard InChI is InChI=1S/C57H81F2N7O12S/c1-8-14-47-77-43-27-36-37-26-39(58)38-25-35(67)21-22-53(38,5)56(37,59)41(68)29-54(36,6)57(43,78-47)42(69)31-76-52(75)62-30-33-17-19-34(20-18-33)63-49(72)40(15-13-23-61-51(60)74)64-50(73)48(32(3)4)65-45(70)16-11-10-12-24-66-46(71)28-44(79)55(66,7)9-2/h17-22,25,32,36-37,39-41,43-44,47-48,68,79H,8-16,23-24,26-31H2,1-7H3,(H,62,75)(H,63,72)(H,64,73)(H,65,70)(H3,60,61,74)/t36-,37-,39-,40-,41-,43+,44?,47?,48?,53-,54-,55?,56-,57+/m0/s1. The van der Waals surface area contributed by atoms with E-state index in [9.17, 15) is 43.5 Å². The molecule has 0 aromatic heterocycles. The highest BCUT2D eigenvalue weighted by Gasteiger charge is 2.80. The van der Waals surface area contributed by atoms with Crippen molar-refractivity contribution >= 4 is 65.6 Å². The molecule has 1 aromatic rings. The van der Waals surface area contributed by atoms with Crippen LogP contribution in [0.2, 0.25) is 0 Å². The Balaban J connectivity index is 0.924. The minimum atomic E-state index is -2.38. The number of carbonyl (C=O) groups excluding carboxylic acids is 8. The SMILES string of the molecule is CCCC1O[C@@H]2C[C@H]3[C@@H]4C[C@H](F)C5=CC(=O)C=C[C@]5(C)[C@@]4(F)[C@@H](O)C[C@]3(C)[C@]2(C(=O)COC(=O)NCc2ccc(NC(=O)[C@H](CCCNC(N)=O)NC(=O)C(NC(=O)CCCCCN3C(=O)CC(S)C3(C)CC)C(C)C)cc2)O1. The normalized spacial score (nSPS) is 33.1. The molecule has 8 N–H and O–H groups in total. The first kappa shape index (κ1) is 61.2. The highest BCUT2D eigenvalue weighted by atomic mass is 32.1. The summed E-state index contributed by atoms with van der Waals surface area (Å²) in [6.07, 6.45) is 2.03. The number of alkyl halides is 2. The lowest BCUT2D eigenvalue weighted by Gasteiger charge is -2.63. The van der Waals surface area contributed by atoms with Crippen LogP contribution in [0.5, 0.6) is 0 Å². The Bertz CT molecular complexity index is 2560. The number of ketones is 2. The number of aliphatic hydroxyl groups excluding tert-OH is 1. The smallest absolute Gasteiger partial charge is 0.407 e. The lowest BCUT2D eigenvalue weighted by Crippen LogP contribution is -2.71. The van der Waals surface area contributed by atoms with Gasteiger partial charge >= 0.3 is 12.1 Å². The summed E-state index contributed by atoms with van der Waals surface area (Å²) >= 11 is 4.64. The van der Waals surface area contributed by atoms with E-state index in [0.717, 1.165) is 12.5 Å². The van der Waals surface area contributed by atoms with Crippen molar-refractivity contribution < 1.29 is 66.5 Å². The summed E-state index contributed by atoms with van der Waals surface area (Å²) in [6, 6.07) is 3.64. The Morgan fingerprint density at radius 2 is 1.68 bits per heavy atom. The number of amides is 7. The lowest BCUT2D eigenvalue weighted by molar-refractivity contribution is -0.234. The molecule has 2 aliphatic heterocycles. The van der Waals surface area contributed by atoms with Crippen molar-refractivity contribution in [3.05, 3.63) is 53.6 Å². The molecule has 7 amide bonds. The number of Topliss-reactive ketones (excluding diaryl/α,β-unsaturated/α-hetero) is 1. The van der Waals surface area contributed by atoms with Crippen LogP contribution in [-0.4, -0.2) is 136 Å². The number of urea groups is 1. The maximum Gasteiger partial charge on any atom is 0.407 e. The number of aliphatic hydroxyl groups is 1. The maximum absolute atomic E-state index is 17.9. The monoisotopic (exact) mass is 1130 g/mol. The first-order valence-electron chi connectivity index (χ1n) is 28.0. The third-order valence-electron chi connectivity index (χ3n) is 18.2. The van der Waals surface area contributed by atoms with Crippen LogP contribution in [0.4, 0.5) is 24.1 Å². The van der Waals surface area contributed by atoms with Crippen LogP contribution in [0, 0.1) is 28.6 Å². The molecule has 0 bridgehead atoms. The zero-order valence-corrected chi connectivity index (χ0v) is 47.4. The van der Waals surface area contributed by atoms with Gasteiger partial charge in [-0.25, -0.2) is 18.4 Å². The van der Waals surface area contributed by atoms with E-state index in [-0.39, 0.29) is 85.7 Å².